The molecular weight excluding hydrogens is 226 g/mol. The molecule has 0 bridgehead atoms. The summed E-state index contributed by atoms with van der Waals surface area (Å²) in [6.07, 6.45) is -1.47. The minimum atomic E-state index is -1.47. The maximum atomic E-state index is 11.1. The van der Waals surface area contributed by atoms with Crippen LogP contribution in [0.3, 0.4) is 0 Å². The number of aliphatic carboxylic acids is 2. The second-order valence-corrected chi connectivity index (χ2v) is 3.52. The minimum Gasteiger partial charge on any atom is -0.481 e. The average molecular weight is 235 g/mol. The van der Waals surface area contributed by atoms with Gasteiger partial charge in [0.2, 0.25) is 6.10 Å². The number of carbonyl (C=O) groups is 2. The van der Waals surface area contributed by atoms with Crippen molar-refractivity contribution in [3.8, 4) is 0 Å². The van der Waals surface area contributed by atoms with Crippen LogP contribution in [0.15, 0.2) is 35.5 Å². The molecule has 0 saturated heterocycles. The summed E-state index contributed by atoms with van der Waals surface area (Å²) < 4.78 is 0. The molecule has 0 aromatic heterocycles. The van der Waals surface area contributed by atoms with Crippen LogP contribution in [0.4, 0.5) is 0 Å². The zero-order valence-electron chi connectivity index (χ0n) is 8.61. The number of rotatable bonds is 3. The van der Waals surface area contributed by atoms with E-state index in [0.29, 0.717) is 5.56 Å². The van der Waals surface area contributed by atoms with Gasteiger partial charge in [0.05, 0.1) is 0 Å². The number of oxime groups is 1. The van der Waals surface area contributed by atoms with Crippen molar-refractivity contribution in [3.63, 3.8) is 0 Å². The van der Waals surface area contributed by atoms with E-state index in [1.54, 1.807) is 30.3 Å². The van der Waals surface area contributed by atoms with Gasteiger partial charge in [-0.25, -0.2) is 4.79 Å². The molecule has 1 heterocycles. The molecule has 0 amide bonds. The Morgan fingerprint density at radius 1 is 1.12 bits per heavy atom. The van der Waals surface area contributed by atoms with E-state index >= 15 is 0 Å². The van der Waals surface area contributed by atoms with E-state index in [1.165, 1.54) is 0 Å². The van der Waals surface area contributed by atoms with Crippen LogP contribution in [-0.4, -0.2) is 34.0 Å². The van der Waals surface area contributed by atoms with Crippen LogP contribution in [0, 0.1) is 5.92 Å². The van der Waals surface area contributed by atoms with E-state index < -0.39 is 24.0 Å². The molecule has 1 aromatic carbocycles. The highest BCUT2D eigenvalue weighted by atomic mass is 16.7. The van der Waals surface area contributed by atoms with Gasteiger partial charge in [0.15, 0.2) is 5.92 Å². The van der Waals surface area contributed by atoms with Crippen LogP contribution >= 0.6 is 0 Å². The van der Waals surface area contributed by atoms with Crippen LogP contribution in [0.5, 0.6) is 0 Å². The lowest BCUT2D eigenvalue weighted by Crippen LogP contribution is -2.36. The highest BCUT2D eigenvalue weighted by Gasteiger charge is 2.45. The first-order valence-electron chi connectivity index (χ1n) is 4.86. The molecule has 0 radical (unpaired) electrons. The zero-order chi connectivity index (χ0) is 12.4. The van der Waals surface area contributed by atoms with Crippen molar-refractivity contribution >= 4 is 17.7 Å². The van der Waals surface area contributed by atoms with Gasteiger partial charge in [-0.2, -0.15) is 0 Å². The first-order chi connectivity index (χ1) is 8.11. The molecule has 2 rings (SSSR count). The topological polar surface area (TPSA) is 96.2 Å². The lowest BCUT2D eigenvalue weighted by atomic mass is 9.92. The fraction of sp³-hybridized carbons (Fsp3) is 0.182. The Kier molecular flexibility index (Phi) is 2.78. The SMILES string of the molecule is O=C(O)C1ON=C(c2ccccc2)C1C(=O)O. The monoisotopic (exact) mass is 235 g/mol. The van der Waals surface area contributed by atoms with E-state index in [1.807, 2.05) is 0 Å². The van der Waals surface area contributed by atoms with E-state index in [-0.39, 0.29) is 5.71 Å². The van der Waals surface area contributed by atoms with Crippen molar-refractivity contribution in [2.45, 2.75) is 6.10 Å². The Hall–Kier alpha value is -2.37. The summed E-state index contributed by atoms with van der Waals surface area (Å²) in [5.41, 5.74) is 0.675. The molecular formula is C11H9NO5. The zero-order valence-corrected chi connectivity index (χ0v) is 8.61. The summed E-state index contributed by atoms with van der Waals surface area (Å²) in [6.45, 7) is 0. The Morgan fingerprint density at radius 2 is 1.76 bits per heavy atom. The summed E-state index contributed by atoms with van der Waals surface area (Å²) in [5, 5.41) is 21.4. The second kappa shape index (κ2) is 4.25. The summed E-state index contributed by atoms with van der Waals surface area (Å²) in [7, 11) is 0. The van der Waals surface area contributed by atoms with E-state index in [2.05, 4.69) is 9.99 Å². The lowest BCUT2D eigenvalue weighted by molar-refractivity contribution is -0.157. The number of carboxylic acid groups (broad SMARTS) is 2. The molecule has 0 aliphatic carbocycles. The highest BCUT2D eigenvalue weighted by Crippen LogP contribution is 2.23. The predicted molar refractivity (Wildman–Crippen MR) is 56.6 cm³/mol. The molecule has 0 saturated carbocycles. The molecule has 88 valence electrons. The van der Waals surface area contributed by atoms with Crippen molar-refractivity contribution < 1.29 is 24.6 Å². The van der Waals surface area contributed by atoms with E-state index in [4.69, 9.17) is 10.2 Å². The molecule has 1 aromatic rings. The molecule has 0 fully saturated rings. The van der Waals surface area contributed by atoms with Gasteiger partial charge < -0.3 is 15.1 Å². The Bertz CT molecular complexity index is 482. The molecule has 2 unspecified atom stereocenters. The summed E-state index contributed by atoms with van der Waals surface area (Å²) in [5.74, 6) is -3.89. The standard InChI is InChI=1S/C11H9NO5/c13-10(14)7-8(6-4-2-1-3-5-6)12-17-9(7)11(15)16/h1-5,7,9H,(H,13,14)(H,15,16). The van der Waals surface area contributed by atoms with Crippen molar-refractivity contribution in [2.75, 3.05) is 0 Å². The summed E-state index contributed by atoms with van der Waals surface area (Å²) in [4.78, 5) is 26.6. The predicted octanol–water partition coefficient (Wildman–Crippen LogP) is 0.575. The van der Waals surface area contributed by atoms with Gasteiger partial charge in [0, 0.05) is 5.56 Å². The molecule has 0 spiro atoms. The van der Waals surface area contributed by atoms with Crippen molar-refractivity contribution in [3.05, 3.63) is 35.9 Å². The maximum Gasteiger partial charge on any atom is 0.349 e. The fourth-order valence-electron chi connectivity index (χ4n) is 1.65. The van der Waals surface area contributed by atoms with Crippen LogP contribution in [0.2, 0.25) is 0 Å². The molecule has 2 atom stereocenters. The van der Waals surface area contributed by atoms with Crippen LogP contribution < -0.4 is 0 Å². The second-order valence-electron chi connectivity index (χ2n) is 3.52. The smallest absolute Gasteiger partial charge is 0.349 e. The van der Waals surface area contributed by atoms with Gasteiger partial charge in [-0.1, -0.05) is 35.5 Å². The Labute approximate surface area is 96.1 Å². The first-order valence-corrected chi connectivity index (χ1v) is 4.86. The molecule has 17 heavy (non-hydrogen) atoms. The van der Waals surface area contributed by atoms with Gasteiger partial charge in [0.1, 0.15) is 5.71 Å². The number of benzene rings is 1. The third-order valence-corrected chi connectivity index (χ3v) is 2.44. The summed E-state index contributed by atoms with van der Waals surface area (Å²) in [6, 6.07) is 8.50. The number of hydrogen-bond donors (Lipinski definition) is 2. The Morgan fingerprint density at radius 3 is 2.29 bits per heavy atom. The van der Waals surface area contributed by atoms with Crippen molar-refractivity contribution in [1.29, 1.82) is 0 Å². The Balaban J connectivity index is 2.36. The molecule has 1 aliphatic rings. The number of nitrogens with zero attached hydrogens (tertiary/aromatic N) is 1. The van der Waals surface area contributed by atoms with Crippen molar-refractivity contribution in [1.82, 2.24) is 0 Å². The normalized spacial score (nSPS) is 22.7. The van der Waals surface area contributed by atoms with Gasteiger partial charge >= 0.3 is 11.9 Å². The third-order valence-electron chi connectivity index (χ3n) is 2.44. The van der Waals surface area contributed by atoms with Gasteiger partial charge in [-0.3, -0.25) is 4.79 Å². The summed E-state index contributed by atoms with van der Waals surface area (Å²) >= 11 is 0. The molecule has 1 aliphatic heterocycles. The van der Waals surface area contributed by atoms with Gasteiger partial charge in [-0.05, 0) is 0 Å². The maximum absolute atomic E-state index is 11.1. The quantitative estimate of drug-likeness (QED) is 0.798. The lowest BCUT2D eigenvalue weighted by Gasteiger charge is -2.10. The van der Waals surface area contributed by atoms with Crippen LogP contribution in [-0.2, 0) is 14.4 Å². The van der Waals surface area contributed by atoms with Gasteiger partial charge in [0.25, 0.3) is 0 Å². The minimum absolute atomic E-state index is 0.130. The van der Waals surface area contributed by atoms with Crippen LogP contribution in [0.1, 0.15) is 5.56 Å². The first kappa shape index (κ1) is 11.1. The van der Waals surface area contributed by atoms with E-state index in [9.17, 15) is 9.59 Å². The third kappa shape index (κ3) is 1.96. The number of carboxylic acids is 2. The molecule has 6 heteroatoms. The fourth-order valence-corrected chi connectivity index (χ4v) is 1.65. The average Bonchev–Trinajstić information content (AvgIpc) is 2.74. The van der Waals surface area contributed by atoms with Crippen LogP contribution in [0.25, 0.3) is 0 Å². The highest BCUT2D eigenvalue weighted by molar-refractivity contribution is 6.14. The largest absolute Gasteiger partial charge is 0.481 e. The van der Waals surface area contributed by atoms with Gasteiger partial charge in [-0.15, -0.1) is 0 Å². The molecule has 6 nitrogen and oxygen atoms in total. The van der Waals surface area contributed by atoms with Crippen molar-refractivity contribution in [2.24, 2.45) is 11.1 Å². The molecule has 2 N–H and O–H groups in total. The number of hydrogen-bond acceptors (Lipinski definition) is 4. The van der Waals surface area contributed by atoms with E-state index in [0.717, 1.165) is 0 Å².